The Labute approximate surface area is 174 Å². The number of likely N-dealkylation sites (tertiary alicyclic amines) is 1. The number of hydrogen-bond acceptors (Lipinski definition) is 5. The Bertz CT molecular complexity index is 815. The molecule has 29 heavy (non-hydrogen) atoms. The molecule has 1 aromatic carbocycles. The second-order valence-corrected chi connectivity index (χ2v) is 7.97. The van der Waals surface area contributed by atoms with Crippen LogP contribution in [0.2, 0.25) is 0 Å². The van der Waals surface area contributed by atoms with Gasteiger partial charge in [-0.3, -0.25) is 4.90 Å². The van der Waals surface area contributed by atoms with Crippen LogP contribution in [0.4, 0.5) is 0 Å². The van der Waals surface area contributed by atoms with Crippen molar-refractivity contribution in [3.63, 3.8) is 0 Å². The zero-order chi connectivity index (χ0) is 20.8. The number of benzene rings is 1. The first kappa shape index (κ1) is 21.7. The van der Waals surface area contributed by atoms with E-state index >= 15 is 0 Å². The summed E-state index contributed by atoms with van der Waals surface area (Å²) >= 11 is 0. The molecule has 1 aromatic heterocycles. The molecule has 1 atom stereocenters. The van der Waals surface area contributed by atoms with Gasteiger partial charge in [-0.1, -0.05) is 19.9 Å². The molecule has 2 aliphatic rings. The molecule has 0 bridgehead atoms. The average Bonchev–Trinajstić information content (AvgIpc) is 2.79. The van der Waals surface area contributed by atoms with Crippen molar-refractivity contribution in [2.45, 2.75) is 64.5 Å². The number of pyridine rings is 1. The predicted octanol–water partition coefficient (Wildman–Crippen LogP) is 4.65. The minimum absolute atomic E-state index is 0.107. The number of nitrogens with zero attached hydrogens (tertiary/aromatic N) is 2. The van der Waals surface area contributed by atoms with Crippen molar-refractivity contribution in [1.82, 2.24) is 9.88 Å². The standard InChI is InChI=1S/C22H29N3O2.C2H6/c1-27-21-11-5-15-13-16(4-10-20(15)24-21)22(23)17-3-2-12-25(14-17)18-6-8-19(26)9-7-18;1-2/h4-5,10-11,13,17-19,23,26H,2-3,6-9,12,14H2,1H3;1-2H3. The van der Waals surface area contributed by atoms with E-state index in [9.17, 15) is 5.11 Å². The Hall–Kier alpha value is -1.98. The summed E-state index contributed by atoms with van der Waals surface area (Å²) in [6.07, 6.45) is 6.15. The number of aliphatic hydroxyl groups is 1. The highest BCUT2D eigenvalue weighted by Crippen LogP contribution is 2.29. The van der Waals surface area contributed by atoms with E-state index in [2.05, 4.69) is 16.0 Å². The summed E-state index contributed by atoms with van der Waals surface area (Å²) in [6, 6.07) is 10.6. The Morgan fingerprint density at radius 1 is 1.10 bits per heavy atom. The zero-order valence-corrected chi connectivity index (χ0v) is 18.0. The van der Waals surface area contributed by atoms with Crippen molar-refractivity contribution in [2.75, 3.05) is 20.2 Å². The van der Waals surface area contributed by atoms with Gasteiger partial charge >= 0.3 is 0 Å². The van der Waals surface area contributed by atoms with Gasteiger partial charge in [0.25, 0.3) is 0 Å². The number of ether oxygens (including phenoxy) is 1. The van der Waals surface area contributed by atoms with Crippen LogP contribution in [0.15, 0.2) is 30.3 Å². The lowest BCUT2D eigenvalue weighted by Gasteiger charge is -2.41. The molecule has 1 saturated carbocycles. The van der Waals surface area contributed by atoms with Crippen LogP contribution in [0.3, 0.4) is 0 Å². The van der Waals surface area contributed by atoms with Crippen molar-refractivity contribution in [1.29, 1.82) is 5.41 Å². The number of aromatic nitrogens is 1. The topological polar surface area (TPSA) is 69.4 Å². The molecule has 5 nitrogen and oxygen atoms in total. The molecule has 0 spiro atoms. The fraction of sp³-hybridized carbons (Fsp3) is 0.583. The van der Waals surface area contributed by atoms with Crippen LogP contribution in [-0.4, -0.2) is 53.0 Å². The summed E-state index contributed by atoms with van der Waals surface area (Å²) in [6.45, 7) is 6.10. The Balaban J connectivity index is 0.00000117. The number of hydrogen-bond donors (Lipinski definition) is 2. The fourth-order valence-electron chi connectivity index (χ4n) is 4.62. The molecule has 2 aromatic rings. The van der Waals surface area contributed by atoms with Crippen molar-refractivity contribution < 1.29 is 9.84 Å². The third-order valence-corrected chi connectivity index (χ3v) is 6.23. The molecule has 0 amide bonds. The first-order chi connectivity index (χ1) is 14.1. The van der Waals surface area contributed by atoms with Crippen LogP contribution < -0.4 is 4.74 Å². The number of nitrogens with one attached hydrogen (secondary N) is 1. The smallest absolute Gasteiger partial charge is 0.213 e. The van der Waals surface area contributed by atoms with E-state index < -0.39 is 0 Å². The molecular formula is C24H35N3O2. The average molecular weight is 398 g/mol. The van der Waals surface area contributed by atoms with Gasteiger partial charge in [0, 0.05) is 35.7 Å². The van der Waals surface area contributed by atoms with Gasteiger partial charge in [-0.2, -0.15) is 0 Å². The third kappa shape index (κ3) is 5.14. The lowest BCUT2D eigenvalue weighted by molar-refractivity contribution is 0.0592. The van der Waals surface area contributed by atoms with Gasteiger partial charge in [-0.15, -0.1) is 0 Å². The Morgan fingerprint density at radius 2 is 1.86 bits per heavy atom. The number of fused-ring (bicyclic) bond motifs is 1. The minimum atomic E-state index is -0.107. The van der Waals surface area contributed by atoms with E-state index in [0.29, 0.717) is 11.9 Å². The molecule has 1 aliphatic heterocycles. The lowest BCUT2D eigenvalue weighted by atomic mass is 9.85. The molecule has 2 N–H and O–H groups in total. The van der Waals surface area contributed by atoms with Gasteiger partial charge in [0.05, 0.1) is 18.7 Å². The molecule has 4 rings (SSSR count). The van der Waals surface area contributed by atoms with E-state index in [1.54, 1.807) is 7.11 Å². The highest BCUT2D eigenvalue weighted by Gasteiger charge is 2.30. The van der Waals surface area contributed by atoms with Gasteiger partial charge in [0.1, 0.15) is 0 Å². The summed E-state index contributed by atoms with van der Waals surface area (Å²) in [4.78, 5) is 7.04. The van der Waals surface area contributed by atoms with Gasteiger partial charge in [-0.25, -0.2) is 4.98 Å². The third-order valence-electron chi connectivity index (χ3n) is 6.23. The molecule has 2 fully saturated rings. The second kappa shape index (κ2) is 10.2. The zero-order valence-electron chi connectivity index (χ0n) is 18.0. The molecule has 1 unspecified atom stereocenters. The normalized spacial score (nSPS) is 25.2. The molecular weight excluding hydrogens is 362 g/mol. The minimum Gasteiger partial charge on any atom is -0.481 e. The maximum Gasteiger partial charge on any atom is 0.213 e. The van der Waals surface area contributed by atoms with Crippen LogP contribution in [0.1, 0.15) is 57.9 Å². The number of aliphatic hydroxyl groups excluding tert-OH is 1. The van der Waals surface area contributed by atoms with Crippen LogP contribution in [0.5, 0.6) is 5.88 Å². The summed E-state index contributed by atoms with van der Waals surface area (Å²) < 4.78 is 5.20. The van der Waals surface area contributed by atoms with Crippen molar-refractivity contribution in [2.24, 2.45) is 5.92 Å². The predicted molar refractivity (Wildman–Crippen MR) is 119 cm³/mol. The SMILES string of the molecule is CC.COc1ccc2cc(C(=N)C3CCCN(C4CCC(O)CC4)C3)ccc2n1. The quantitative estimate of drug-likeness (QED) is 0.737. The summed E-state index contributed by atoms with van der Waals surface area (Å²) in [7, 11) is 1.63. The maximum absolute atomic E-state index is 9.77. The monoisotopic (exact) mass is 397 g/mol. The first-order valence-corrected chi connectivity index (χ1v) is 11.1. The number of methoxy groups -OCH3 is 1. The molecule has 2 heterocycles. The van der Waals surface area contributed by atoms with Crippen LogP contribution in [0.25, 0.3) is 10.9 Å². The highest BCUT2D eigenvalue weighted by molar-refractivity contribution is 6.02. The van der Waals surface area contributed by atoms with Gasteiger partial charge < -0.3 is 15.3 Å². The van der Waals surface area contributed by atoms with Crippen LogP contribution >= 0.6 is 0 Å². The van der Waals surface area contributed by atoms with E-state index in [4.69, 9.17) is 10.1 Å². The van der Waals surface area contributed by atoms with Crippen molar-refractivity contribution >= 4 is 16.6 Å². The van der Waals surface area contributed by atoms with E-state index in [1.165, 1.54) is 0 Å². The van der Waals surface area contributed by atoms with E-state index in [0.717, 1.165) is 73.8 Å². The Kier molecular flexibility index (Phi) is 7.62. The Morgan fingerprint density at radius 3 is 2.59 bits per heavy atom. The second-order valence-electron chi connectivity index (χ2n) is 7.97. The highest BCUT2D eigenvalue weighted by atomic mass is 16.5. The van der Waals surface area contributed by atoms with Gasteiger partial charge in [-0.05, 0) is 68.8 Å². The molecule has 1 aliphatic carbocycles. The molecule has 0 radical (unpaired) electrons. The summed E-state index contributed by atoms with van der Waals surface area (Å²) in [5, 5.41) is 19.6. The van der Waals surface area contributed by atoms with Gasteiger partial charge in [0.15, 0.2) is 0 Å². The van der Waals surface area contributed by atoms with Crippen LogP contribution in [-0.2, 0) is 0 Å². The van der Waals surface area contributed by atoms with E-state index in [1.807, 2.05) is 38.1 Å². The lowest BCUT2D eigenvalue weighted by Crippen LogP contribution is -2.46. The molecule has 1 saturated heterocycles. The van der Waals surface area contributed by atoms with E-state index in [-0.39, 0.29) is 12.0 Å². The molecule has 158 valence electrons. The largest absolute Gasteiger partial charge is 0.481 e. The van der Waals surface area contributed by atoms with Crippen molar-refractivity contribution in [3.05, 3.63) is 35.9 Å². The maximum atomic E-state index is 9.77. The summed E-state index contributed by atoms with van der Waals surface area (Å²) in [5.41, 5.74) is 2.64. The fourth-order valence-corrected chi connectivity index (χ4v) is 4.62. The molecule has 5 heteroatoms. The number of piperidine rings is 1. The van der Waals surface area contributed by atoms with Crippen LogP contribution in [0, 0.1) is 11.3 Å². The first-order valence-electron chi connectivity index (χ1n) is 11.1. The number of rotatable bonds is 4. The van der Waals surface area contributed by atoms with Gasteiger partial charge in [0.2, 0.25) is 5.88 Å². The van der Waals surface area contributed by atoms with Crippen molar-refractivity contribution in [3.8, 4) is 5.88 Å². The summed E-state index contributed by atoms with van der Waals surface area (Å²) in [5.74, 6) is 0.903.